The van der Waals surface area contributed by atoms with Crippen molar-refractivity contribution in [1.82, 2.24) is 40.3 Å². The fourth-order valence-electron chi connectivity index (χ4n) is 5.97. The number of hydrogen-bond donors (Lipinski definition) is 6. The molecule has 0 radical (unpaired) electrons. The first-order chi connectivity index (χ1) is 23.3. The number of pyridine rings is 1. The van der Waals surface area contributed by atoms with Gasteiger partial charge in [-0.15, -0.1) is 0 Å². The number of likely N-dealkylation sites (tertiary alicyclic amines) is 1. The smallest absolute Gasteiger partial charge is 0.397 e. The lowest BCUT2D eigenvalue weighted by Crippen LogP contribution is -2.42. The summed E-state index contributed by atoms with van der Waals surface area (Å²) in [5.74, 6) is -1.38. The molecule has 18 heteroatoms. The monoisotopic (exact) mass is 700 g/mol. The number of halogens is 4. The van der Waals surface area contributed by atoms with Crippen LogP contribution in [0.4, 0.5) is 24.5 Å². The summed E-state index contributed by atoms with van der Waals surface area (Å²) in [6.07, 6.45) is -1.88. The molecular weight excluding hydrogens is 669 g/mol. The molecule has 2 saturated heterocycles. The van der Waals surface area contributed by atoms with Crippen LogP contribution in [-0.4, -0.2) is 90.8 Å². The van der Waals surface area contributed by atoms with Crippen molar-refractivity contribution in [1.29, 1.82) is 0 Å². The van der Waals surface area contributed by atoms with Crippen LogP contribution < -0.4 is 21.7 Å². The first-order valence-corrected chi connectivity index (χ1v) is 15.7. The van der Waals surface area contributed by atoms with Gasteiger partial charge in [-0.2, -0.15) is 18.3 Å². The predicted molar refractivity (Wildman–Crippen MR) is 172 cm³/mol. The number of aromatic amines is 1. The van der Waals surface area contributed by atoms with E-state index in [0.717, 1.165) is 6.20 Å². The maximum absolute atomic E-state index is 14.0. The molecule has 258 valence electrons. The Labute approximate surface area is 282 Å². The van der Waals surface area contributed by atoms with Gasteiger partial charge >= 0.3 is 6.18 Å². The topological polar surface area (TPSA) is 196 Å². The Balaban J connectivity index is 1.12. The normalized spacial score (nSPS) is 19.3. The highest BCUT2D eigenvalue weighted by Crippen LogP contribution is 2.41. The maximum Gasteiger partial charge on any atom is 0.433 e. The molecule has 6 rings (SSSR count). The number of nitrogen functional groups attached to an aromatic ring is 1. The molecule has 2 aliphatic heterocycles. The lowest BCUT2D eigenvalue weighted by Gasteiger charge is -2.18. The number of nitrogens with one attached hydrogen (secondary N) is 4. The number of rotatable bonds is 8. The average molecular weight is 701 g/mol. The number of imidazole rings is 1. The molecule has 2 fully saturated rings. The van der Waals surface area contributed by atoms with Crippen LogP contribution in [0.1, 0.15) is 39.5 Å². The average Bonchev–Trinajstić information content (AvgIpc) is 3.86. The first-order valence-electron chi connectivity index (χ1n) is 15.3. The quantitative estimate of drug-likeness (QED) is 0.160. The van der Waals surface area contributed by atoms with Crippen molar-refractivity contribution in [2.45, 2.75) is 31.2 Å². The van der Waals surface area contributed by atoms with Crippen LogP contribution >= 0.6 is 11.6 Å². The number of H-pyrrole nitrogens is 1. The van der Waals surface area contributed by atoms with Gasteiger partial charge in [0.1, 0.15) is 11.4 Å². The first kappa shape index (κ1) is 33.9. The lowest BCUT2D eigenvalue weighted by molar-refractivity contribution is -0.140. The van der Waals surface area contributed by atoms with Crippen molar-refractivity contribution in [3.63, 3.8) is 0 Å². The van der Waals surface area contributed by atoms with Gasteiger partial charge in [-0.1, -0.05) is 11.6 Å². The fourth-order valence-corrected chi connectivity index (χ4v) is 6.23. The number of carbonyl (C=O) groups is 3. The van der Waals surface area contributed by atoms with Crippen LogP contribution in [0, 0.1) is 5.92 Å². The van der Waals surface area contributed by atoms with Crippen molar-refractivity contribution in [3.8, 4) is 22.6 Å². The van der Waals surface area contributed by atoms with Crippen LogP contribution in [0.2, 0.25) is 5.02 Å². The third kappa shape index (κ3) is 7.09. The van der Waals surface area contributed by atoms with E-state index in [0.29, 0.717) is 44.7 Å². The molecule has 49 heavy (non-hydrogen) atoms. The SMILES string of the molecule is Cn1c(-c2c(-c3ccc(N)cn3)n[nH]c2C(F)(F)F)cnc1C(=O)Nc1ccc(C(=O)N2CC[C@@H](CNC(=O)[C@@H]3C[C@@H](O)CN3)C2)c(Cl)c1. The standard InChI is InChI=1S/C31H32ClF3N10O4/c1-44-23(24-25(21-5-2-16(36)11-37-21)42-43-26(24)31(33,34)35)13-39-27(44)29(48)41-17-3-4-19(20(32)8-17)30(49)45-7-6-15(14-45)10-40-28(47)22-9-18(46)12-38-22/h2-5,8,11,13,15,18,22,38,46H,6-7,9-10,12,14,36H2,1H3,(H,40,47)(H,41,48)(H,42,43)/t15-,18+,22-/m0/s1. The number of anilines is 2. The number of amides is 3. The number of aliphatic hydroxyl groups excluding tert-OH is 1. The number of alkyl halides is 3. The predicted octanol–water partition coefficient (Wildman–Crippen LogP) is 2.68. The van der Waals surface area contributed by atoms with Gasteiger partial charge in [0.15, 0.2) is 5.82 Å². The third-order valence-corrected chi connectivity index (χ3v) is 8.86. The molecule has 0 spiro atoms. The van der Waals surface area contributed by atoms with Crippen molar-refractivity contribution in [2.24, 2.45) is 13.0 Å². The molecule has 14 nitrogen and oxygen atoms in total. The second kappa shape index (κ2) is 13.5. The van der Waals surface area contributed by atoms with Crippen LogP contribution in [0.25, 0.3) is 22.6 Å². The molecule has 1 aromatic carbocycles. The van der Waals surface area contributed by atoms with Gasteiger partial charge in [-0.05, 0) is 49.1 Å². The number of carbonyl (C=O) groups excluding carboxylic acids is 3. The van der Waals surface area contributed by atoms with E-state index in [9.17, 15) is 32.7 Å². The van der Waals surface area contributed by atoms with Crippen molar-refractivity contribution in [2.75, 3.05) is 37.2 Å². The molecule has 3 amide bonds. The van der Waals surface area contributed by atoms with Crippen LogP contribution in [0.3, 0.4) is 0 Å². The van der Waals surface area contributed by atoms with Gasteiger partial charge in [0.2, 0.25) is 5.91 Å². The van der Waals surface area contributed by atoms with Crippen LogP contribution in [0.5, 0.6) is 0 Å². The fraction of sp³-hybridized carbons (Fsp3) is 0.355. The van der Waals surface area contributed by atoms with E-state index in [2.05, 4.69) is 31.0 Å². The minimum Gasteiger partial charge on any atom is -0.397 e. The van der Waals surface area contributed by atoms with Gasteiger partial charge in [-0.25, -0.2) is 4.98 Å². The van der Waals surface area contributed by atoms with Crippen molar-refractivity contribution in [3.05, 3.63) is 64.8 Å². The number of aromatic nitrogens is 5. The molecule has 0 bridgehead atoms. The molecule has 3 aromatic heterocycles. The molecule has 0 aliphatic carbocycles. The molecule has 7 N–H and O–H groups in total. The highest BCUT2D eigenvalue weighted by atomic mass is 35.5. The van der Waals surface area contributed by atoms with E-state index in [4.69, 9.17) is 17.3 Å². The summed E-state index contributed by atoms with van der Waals surface area (Å²) in [5, 5.41) is 24.1. The maximum atomic E-state index is 14.0. The molecule has 2 aliphatic rings. The molecular formula is C31H32ClF3N10O4. The molecule has 5 heterocycles. The summed E-state index contributed by atoms with van der Waals surface area (Å²) in [4.78, 5) is 48.7. The highest BCUT2D eigenvalue weighted by molar-refractivity contribution is 6.34. The summed E-state index contributed by atoms with van der Waals surface area (Å²) in [6.45, 7) is 1.65. The largest absolute Gasteiger partial charge is 0.433 e. The van der Waals surface area contributed by atoms with Crippen LogP contribution in [-0.2, 0) is 18.0 Å². The van der Waals surface area contributed by atoms with E-state index < -0.39 is 29.9 Å². The van der Waals surface area contributed by atoms with E-state index in [1.54, 1.807) is 4.90 Å². The van der Waals surface area contributed by atoms with E-state index in [-0.39, 0.29) is 62.5 Å². The second-order valence-electron chi connectivity index (χ2n) is 12.0. The summed E-state index contributed by atoms with van der Waals surface area (Å²) >= 11 is 6.47. The number of nitrogens with zero attached hydrogens (tertiary/aromatic N) is 5. The number of aliphatic hydroxyl groups is 1. The Morgan fingerprint density at radius 2 is 1.96 bits per heavy atom. The highest BCUT2D eigenvalue weighted by Gasteiger charge is 2.39. The Morgan fingerprint density at radius 1 is 1.16 bits per heavy atom. The van der Waals surface area contributed by atoms with E-state index in [1.165, 1.54) is 48.1 Å². The third-order valence-electron chi connectivity index (χ3n) is 8.55. The number of β-amino-alcohol motifs (C(OH)–C–C–N with tert-alkyl or cyclic N) is 1. The summed E-state index contributed by atoms with van der Waals surface area (Å²) in [5.41, 5.74) is 4.94. The number of benzene rings is 1. The van der Waals surface area contributed by atoms with E-state index in [1.807, 2.05) is 5.10 Å². The summed E-state index contributed by atoms with van der Waals surface area (Å²) in [7, 11) is 1.39. The van der Waals surface area contributed by atoms with Gasteiger partial charge < -0.3 is 36.3 Å². The molecule has 0 unspecified atom stereocenters. The Bertz CT molecular complexity index is 1890. The Hall–Kier alpha value is -5.00. The molecule has 3 atom stereocenters. The minimum atomic E-state index is -4.80. The van der Waals surface area contributed by atoms with Crippen molar-refractivity contribution >= 4 is 40.7 Å². The molecule has 4 aromatic rings. The number of nitrogens with two attached hydrogens (primary N) is 1. The van der Waals surface area contributed by atoms with Gasteiger partial charge in [0, 0.05) is 38.9 Å². The minimum absolute atomic E-state index is 0.0451. The Kier molecular flexibility index (Phi) is 9.32. The lowest BCUT2D eigenvalue weighted by atomic mass is 10.1. The Morgan fingerprint density at radius 3 is 2.63 bits per heavy atom. The van der Waals surface area contributed by atoms with Gasteiger partial charge in [-0.3, -0.25) is 24.5 Å². The van der Waals surface area contributed by atoms with Gasteiger partial charge in [0.05, 0.1) is 57.8 Å². The molecule has 0 saturated carbocycles. The number of hydrogen-bond acceptors (Lipinski definition) is 9. The van der Waals surface area contributed by atoms with Crippen LogP contribution in [0.15, 0.2) is 42.7 Å². The summed E-state index contributed by atoms with van der Waals surface area (Å²) < 4.78 is 43.2. The zero-order valence-electron chi connectivity index (χ0n) is 26.0. The zero-order chi connectivity index (χ0) is 35.0. The van der Waals surface area contributed by atoms with Gasteiger partial charge in [0.25, 0.3) is 11.8 Å². The van der Waals surface area contributed by atoms with Crippen molar-refractivity contribution < 1.29 is 32.7 Å². The van der Waals surface area contributed by atoms with E-state index >= 15 is 0 Å². The zero-order valence-corrected chi connectivity index (χ0v) is 26.8. The second-order valence-corrected chi connectivity index (χ2v) is 12.4. The summed E-state index contributed by atoms with van der Waals surface area (Å²) in [6, 6.07) is 6.84.